The summed E-state index contributed by atoms with van der Waals surface area (Å²) in [6.07, 6.45) is 2.37. The van der Waals surface area contributed by atoms with Crippen LogP contribution >= 0.6 is 0 Å². The first kappa shape index (κ1) is 8.74. The van der Waals surface area contributed by atoms with Crippen LogP contribution in [0, 0.1) is 0 Å². The van der Waals surface area contributed by atoms with E-state index in [0.717, 1.165) is 17.9 Å². The molecule has 0 atom stereocenters. The number of hydrogen-bond donors (Lipinski definition) is 1. The van der Waals surface area contributed by atoms with Crippen LogP contribution in [0.15, 0.2) is 28.9 Å². The first-order valence-corrected chi connectivity index (χ1v) is 4.47. The summed E-state index contributed by atoms with van der Waals surface area (Å²) in [7, 11) is 0. The van der Waals surface area contributed by atoms with Crippen molar-refractivity contribution < 1.29 is 4.42 Å². The van der Waals surface area contributed by atoms with E-state index in [1.165, 1.54) is 0 Å². The molecule has 0 aliphatic carbocycles. The van der Waals surface area contributed by atoms with Gasteiger partial charge >= 0.3 is 0 Å². The minimum atomic E-state index is 0.475. The fourth-order valence-electron chi connectivity index (χ4n) is 1.23. The van der Waals surface area contributed by atoms with E-state index < -0.39 is 0 Å². The molecule has 2 heterocycles. The van der Waals surface area contributed by atoms with Gasteiger partial charge in [0.05, 0.1) is 6.26 Å². The number of aromatic nitrogens is 2. The number of rotatable bonds is 2. The van der Waals surface area contributed by atoms with Crippen LogP contribution < -0.4 is 5.73 Å². The fraction of sp³-hybridized carbons (Fsp3) is 0.200. The van der Waals surface area contributed by atoms with Gasteiger partial charge in [0.15, 0.2) is 5.76 Å². The van der Waals surface area contributed by atoms with Crippen LogP contribution in [0.2, 0.25) is 0 Å². The molecule has 0 amide bonds. The number of nitrogens with zero attached hydrogens (tertiary/aromatic N) is 2. The fourth-order valence-corrected chi connectivity index (χ4v) is 1.23. The Morgan fingerprint density at radius 1 is 1.43 bits per heavy atom. The molecule has 0 saturated carbocycles. The van der Waals surface area contributed by atoms with Crippen LogP contribution in [-0.2, 0) is 6.42 Å². The van der Waals surface area contributed by atoms with Crippen LogP contribution in [0.1, 0.15) is 12.7 Å². The molecule has 0 spiro atoms. The number of nitrogen functional groups attached to an aromatic ring is 1. The molecule has 14 heavy (non-hydrogen) atoms. The van der Waals surface area contributed by atoms with Gasteiger partial charge in [-0.1, -0.05) is 6.92 Å². The van der Waals surface area contributed by atoms with Crippen molar-refractivity contribution in [3.63, 3.8) is 0 Å². The van der Waals surface area contributed by atoms with Crippen LogP contribution in [0.3, 0.4) is 0 Å². The van der Waals surface area contributed by atoms with Crippen molar-refractivity contribution >= 4 is 5.82 Å². The lowest BCUT2D eigenvalue weighted by Crippen LogP contribution is -1.99. The standard InChI is InChI=1S/C10H11N3O/c1-2-10-12-7(6-9(11)13-10)8-4-3-5-14-8/h3-6H,2H2,1H3,(H2,11,12,13). The number of aryl methyl sites for hydroxylation is 1. The zero-order valence-electron chi connectivity index (χ0n) is 7.90. The molecular weight excluding hydrogens is 178 g/mol. The lowest BCUT2D eigenvalue weighted by molar-refractivity contribution is 0.579. The highest BCUT2D eigenvalue weighted by Gasteiger charge is 2.05. The van der Waals surface area contributed by atoms with Crippen molar-refractivity contribution in [2.45, 2.75) is 13.3 Å². The summed E-state index contributed by atoms with van der Waals surface area (Å²) in [6.45, 7) is 1.99. The van der Waals surface area contributed by atoms with Gasteiger partial charge in [0, 0.05) is 12.5 Å². The quantitative estimate of drug-likeness (QED) is 0.783. The average molecular weight is 189 g/mol. The van der Waals surface area contributed by atoms with Gasteiger partial charge in [-0.2, -0.15) is 0 Å². The van der Waals surface area contributed by atoms with Gasteiger partial charge in [0.2, 0.25) is 0 Å². The third kappa shape index (κ3) is 1.59. The summed E-state index contributed by atoms with van der Waals surface area (Å²) in [5.41, 5.74) is 6.38. The summed E-state index contributed by atoms with van der Waals surface area (Å²) < 4.78 is 5.23. The predicted octanol–water partition coefficient (Wildman–Crippen LogP) is 1.88. The molecule has 2 rings (SSSR count). The topological polar surface area (TPSA) is 64.9 Å². The van der Waals surface area contributed by atoms with Crippen molar-refractivity contribution in [3.05, 3.63) is 30.3 Å². The van der Waals surface area contributed by atoms with Gasteiger partial charge in [-0.15, -0.1) is 0 Å². The maximum absolute atomic E-state index is 5.65. The number of hydrogen-bond acceptors (Lipinski definition) is 4. The molecule has 0 aliphatic rings. The van der Waals surface area contributed by atoms with Crippen molar-refractivity contribution in [2.24, 2.45) is 0 Å². The van der Waals surface area contributed by atoms with Crippen molar-refractivity contribution in [1.82, 2.24) is 9.97 Å². The maximum atomic E-state index is 5.65. The molecule has 2 aromatic heterocycles. The highest BCUT2D eigenvalue weighted by Crippen LogP contribution is 2.18. The van der Waals surface area contributed by atoms with Gasteiger partial charge in [-0.25, -0.2) is 9.97 Å². The first-order chi connectivity index (χ1) is 6.79. The Bertz CT molecular complexity index is 423. The maximum Gasteiger partial charge on any atom is 0.152 e. The first-order valence-electron chi connectivity index (χ1n) is 4.47. The molecule has 0 aromatic carbocycles. The Labute approximate surface area is 81.8 Å². The zero-order valence-corrected chi connectivity index (χ0v) is 7.90. The lowest BCUT2D eigenvalue weighted by atomic mass is 10.3. The van der Waals surface area contributed by atoms with Gasteiger partial charge in [-0.05, 0) is 12.1 Å². The monoisotopic (exact) mass is 189 g/mol. The molecule has 4 nitrogen and oxygen atoms in total. The van der Waals surface area contributed by atoms with Crippen molar-refractivity contribution in [3.8, 4) is 11.5 Å². The average Bonchev–Trinajstić information content (AvgIpc) is 2.69. The zero-order chi connectivity index (χ0) is 9.97. The van der Waals surface area contributed by atoms with Crippen LogP contribution in [0.4, 0.5) is 5.82 Å². The third-order valence-electron chi connectivity index (χ3n) is 1.88. The summed E-state index contributed by atoms with van der Waals surface area (Å²) in [5.74, 6) is 1.92. The Hall–Kier alpha value is -1.84. The van der Waals surface area contributed by atoms with E-state index in [9.17, 15) is 0 Å². The van der Waals surface area contributed by atoms with Crippen LogP contribution in [0.5, 0.6) is 0 Å². The van der Waals surface area contributed by atoms with E-state index in [-0.39, 0.29) is 0 Å². The Balaban J connectivity index is 2.48. The largest absolute Gasteiger partial charge is 0.463 e. The summed E-state index contributed by atoms with van der Waals surface area (Å²) in [6, 6.07) is 5.37. The van der Waals surface area contributed by atoms with Crippen molar-refractivity contribution in [1.29, 1.82) is 0 Å². The molecule has 0 radical (unpaired) electrons. The smallest absolute Gasteiger partial charge is 0.152 e. The predicted molar refractivity (Wildman–Crippen MR) is 53.5 cm³/mol. The molecule has 0 bridgehead atoms. The van der Waals surface area contributed by atoms with E-state index in [0.29, 0.717) is 11.6 Å². The Morgan fingerprint density at radius 2 is 2.29 bits per heavy atom. The normalized spacial score (nSPS) is 10.4. The number of anilines is 1. The third-order valence-corrected chi connectivity index (χ3v) is 1.88. The SMILES string of the molecule is CCc1nc(N)cc(-c2ccco2)n1. The summed E-state index contributed by atoms with van der Waals surface area (Å²) in [4.78, 5) is 8.40. The Morgan fingerprint density at radius 3 is 2.93 bits per heavy atom. The molecule has 0 aliphatic heterocycles. The molecular formula is C10H11N3O. The minimum Gasteiger partial charge on any atom is -0.463 e. The van der Waals surface area contributed by atoms with E-state index >= 15 is 0 Å². The van der Waals surface area contributed by atoms with Crippen LogP contribution in [0.25, 0.3) is 11.5 Å². The van der Waals surface area contributed by atoms with E-state index in [4.69, 9.17) is 10.2 Å². The molecule has 2 N–H and O–H groups in total. The number of furan rings is 1. The molecule has 2 aromatic rings. The summed E-state index contributed by atoms with van der Waals surface area (Å²) in [5, 5.41) is 0. The molecule has 0 saturated heterocycles. The second-order valence-electron chi connectivity index (χ2n) is 2.93. The van der Waals surface area contributed by atoms with E-state index in [1.807, 2.05) is 19.1 Å². The Kier molecular flexibility index (Phi) is 2.18. The van der Waals surface area contributed by atoms with E-state index in [2.05, 4.69) is 9.97 Å². The second-order valence-corrected chi connectivity index (χ2v) is 2.93. The van der Waals surface area contributed by atoms with Gasteiger partial charge in [-0.3, -0.25) is 0 Å². The van der Waals surface area contributed by atoms with E-state index in [1.54, 1.807) is 12.3 Å². The van der Waals surface area contributed by atoms with Gasteiger partial charge in [0.25, 0.3) is 0 Å². The number of nitrogens with two attached hydrogens (primary N) is 1. The summed E-state index contributed by atoms with van der Waals surface area (Å²) >= 11 is 0. The van der Waals surface area contributed by atoms with Gasteiger partial charge < -0.3 is 10.2 Å². The minimum absolute atomic E-state index is 0.475. The lowest BCUT2D eigenvalue weighted by Gasteiger charge is -2.01. The molecule has 0 fully saturated rings. The highest BCUT2D eigenvalue weighted by atomic mass is 16.3. The highest BCUT2D eigenvalue weighted by molar-refractivity contribution is 5.55. The molecule has 72 valence electrons. The van der Waals surface area contributed by atoms with Gasteiger partial charge in [0.1, 0.15) is 17.3 Å². The van der Waals surface area contributed by atoms with Crippen LogP contribution in [-0.4, -0.2) is 9.97 Å². The second kappa shape index (κ2) is 3.49. The molecule has 0 unspecified atom stereocenters. The van der Waals surface area contributed by atoms with Crippen molar-refractivity contribution in [2.75, 3.05) is 5.73 Å². The molecule has 4 heteroatoms.